The Morgan fingerprint density at radius 2 is 1.78 bits per heavy atom. The fourth-order valence-electron chi connectivity index (χ4n) is 3.21. The Kier molecular flexibility index (Phi) is 6.04. The molecule has 0 amide bonds. The third kappa shape index (κ3) is 4.86. The Labute approximate surface area is 184 Å². The van der Waals surface area contributed by atoms with Crippen molar-refractivity contribution >= 4 is 21.7 Å². The fourth-order valence-corrected chi connectivity index (χ4v) is 3.75. The molecule has 4 rings (SSSR count). The molecule has 7 nitrogen and oxygen atoms in total. The largest absolute Gasteiger partial charge is 0.423 e. The Hall–Kier alpha value is -3.53. The molecule has 3 aromatic carbocycles. The number of ether oxygens (including phenoxy) is 1. The second kappa shape index (κ2) is 8.91. The predicted octanol–water partition coefficient (Wildman–Crippen LogP) is 4.69. The smallest absolute Gasteiger partial charge is 0.299 e. The Morgan fingerprint density at radius 1 is 1.03 bits per heavy atom. The van der Waals surface area contributed by atoms with Crippen LogP contribution in [0.1, 0.15) is 5.56 Å². The first-order valence-corrected chi connectivity index (χ1v) is 11.1. The lowest BCUT2D eigenvalue weighted by Gasteiger charge is -2.11. The molecule has 3 N–H and O–H groups in total. The molecule has 0 bridgehead atoms. The summed E-state index contributed by atoms with van der Waals surface area (Å²) in [5, 5.41) is 8.24. The van der Waals surface area contributed by atoms with Crippen molar-refractivity contribution in [1.29, 1.82) is 0 Å². The number of rotatable bonds is 7. The Morgan fingerprint density at radius 3 is 2.50 bits per heavy atom. The van der Waals surface area contributed by atoms with Gasteiger partial charge in [0.2, 0.25) is 10.0 Å². The number of oxazole rings is 1. The highest BCUT2D eigenvalue weighted by atomic mass is 32.2. The van der Waals surface area contributed by atoms with Crippen LogP contribution < -0.4 is 10.5 Å². The monoisotopic (exact) mass is 453 g/mol. The average molecular weight is 453 g/mol. The second-order valence-electron chi connectivity index (χ2n) is 7.04. The summed E-state index contributed by atoms with van der Waals surface area (Å²) < 4.78 is 47.7. The third-order valence-corrected chi connectivity index (χ3v) is 5.69. The lowest BCUT2D eigenvalue weighted by molar-refractivity contribution is 0.185. The molecule has 164 valence electrons. The van der Waals surface area contributed by atoms with Crippen LogP contribution in [0.5, 0.6) is 0 Å². The van der Waals surface area contributed by atoms with E-state index in [0.29, 0.717) is 17.0 Å². The van der Waals surface area contributed by atoms with Gasteiger partial charge in [0.05, 0.1) is 17.7 Å². The van der Waals surface area contributed by atoms with Gasteiger partial charge < -0.3 is 14.5 Å². The predicted molar refractivity (Wildman–Crippen MR) is 119 cm³/mol. The van der Waals surface area contributed by atoms with Gasteiger partial charge in [0.1, 0.15) is 5.82 Å². The third-order valence-electron chi connectivity index (χ3n) is 4.78. The van der Waals surface area contributed by atoms with E-state index in [1.807, 2.05) is 24.3 Å². The normalized spacial score (nSPS) is 11.5. The van der Waals surface area contributed by atoms with E-state index in [0.717, 1.165) is 16.7 Å². The number of nitrogens with one attached hydrogen (secondary N) is 1. The summed E-state index contributed by atoms with van der Waals surface area (Å²) in [6.07, 6.45) is 1.56. The van der Waals surface area contributed by atoms with Crippen LogP contribution in [-0.2, 0) is 21.4 Å². The van der Waals surface area contributed by atoms with Crippen LogP contribution in [0, 0.1) is 5.82 Å². The first-order chi connectivity index (χ1) is 15.3. The summed E-state index contributed by atoms with van der Waals surface area (Å²) in [5.74, 6) is 0.211. The zero-order valence-corrected chi connectivity index (χ0v) is 17.9. The van der Waals surface area contributed by atoms with Crippen LogP contribution in [0.3, 0.4) is 0 Å². The van der Waals surface area contributed by atoms with Crippen LogP contribution >= 0.6 is 0 Å². The molecular weight excluding hydrogens is 433 g/mol. The highest BCUT2D eigenvalue weighted by Crippen LogP contribution is 2.30. The molecule has 1 aromatic heterocycles. The number of anilines is 2. The van der Waals surface area contributed by atoms with E-state index in [4.69, 9.17) is 14.3 Å². The average Bonchev–Trinajstić information content (AvgIpc) is 3.24. The minimum absolute atomic E-state index is 0.0429. The van der Waals surface area contributed by atoms with E-state index in [-0.39, 0.29) is 23.3 Å². The Balaban J connectivity index is 1.63. The van der Waals surface area contributed by atoms with Gasteiger partial charge in [-0.15, -0.1) is 0 Å². The molecule has 0 saturated carbocycles. The molecule has 4 aromatic rings. The lowest BCUT2D eigenvalue weighted by atomic mass is 10.0. The SMILES string of the molecule is COCc1ccc(S(N)(=O)=O)cc1Nc1ncc(-c2cccc(-c3ccc(F)cc3)c2)o1. The molecule has 9 heteroatoms. The van der Waals surface area contributed by atoms with Gasteiger partial charge in [-0.3, -0.25) is 0 Å². The van der Waals surface area contributed by atoms with E-state index in [9.17, 15) is 12.8 Å². The molecule has 32 heavy (non-hydrogen) atoms. The van der Waals surface area contributed by atoms with Gasteiger partial charge in [-0.25, -0.2) is 22.9 Å². The molecule has 1 heterocycles. The summed E-state index contributed by atoms with van der Waals surface area (Å²) in [7, 11) is -2.34. The maximum atomic E-state index is 13.2. The first-order valence-electron chi connectivity index (χ1n) is 9.57. The van der Waals surface area contributed by atoms with Crippen molar-refractivity contribution in [2.45, 2.75) is 11.5 Å². The quantitative estimate of drug-likeness (QED) is 0.421. The van der Waals surface area contributed by atoms with Gasteiger partial charge in [0.15, 0.2) is 5.76 Å². The highest BCUT2D eigenvalue weighted by molar-refractivity contribution is 7.89. The molecule has 0 aliphatic rings. The van der Waals surface area contributed by atoms with Crippen molar-refractivity contribution in [2.75, 3.05) is 12.4 Å². The summed E-state index contributed by atoms with van der Waals surface area (Å²) in [6, 6.07) is 18.4. The van der Waals surface area contributed by atoms with Gasteiger partial charge in [-0.1, -0.05) is 36.4 Å². The minimum atomic E-state index is -3.88. The number of methoxy groups -OCH3 is 1. The number of sulfonamides is 1. The van der Waals surface area contributed by atoms with E-state index in [2.05, 4.69) is 10.3 Å². The molecule has 0 saturated heterocycles. The van der Waals surface area contributed by atoms with Crippen LogP contribution in [0.25, 0.3) is 22.5 Å². The summed E-state index contributed by atoms with van der Waals surface area (Å²) in [5.41, 5.74) is 3.71. The summed E-state index contributed by atoms with van der Waals surface area (Å²) in [6.45, 7) is 0.251. The molecule has 0 aliphatic carbocycles. The van der Waals surface area contributed by atoms with Gasteiger partial charge in [0.25, 0.3) is 6.01 Å². The van der Waals surface area contributed by atoms with Gasteiger partial charge in [-0.2, -0.15) is 0 Å². The Bertz CT molecular complexity index is 1350. The molecule has 0 unspecified atom stereocenters. The van der Waals surface area contributed by atoms with E-state index in [1.165, 1.54) is 31.4 Å². The van der Waals surface area contributed by atoms with Crippen molar-refractivity contribution < 1.29 is 22.0 Å². The first kappa shape index (κ1) is 21.7. The molecule has 0 fully saturated rings. The standard InChI is InChI=1S/C23H20FN3O4S/c1-30-14-18-7-10-20(32(25,28)29)12-21(18)27-23-26-13-22(31-23)17-4-2-3-16(11-17)15-5-8-19(24)9-6-15/h2-13H,14H2,1H3,(H,26,27)(H2,25,28,29). The number of hydrogen-bond donors (Lipinski definition) is 2. The second-order valence-corrected chi connectivity index (χ2v) is 8.60. The van der Waals surface area contributed by atoms with Crippen LogP contribution in [0.4, 0.5) is 16.1 Å². The maximum Gasteiger partial charge on any atom is 0.299 e. The molecule has 0 radical (unpaired) electrons. The number of aromatic nitrogens is 1. The van der Waals surface area contributed by atoms with Crippen molar-refractivity contribution in [3.63, 3.8) is 0 Å². The van der Waals surface area contributed by atoms with Crippen molar-refractivity contribution in [3.8, 4) is 22.5 Å². The van der Waals surface area contributed by atoms with Crippen molar-refractivity contribution in [3.05, 3.63) is 84.3 Å². The minimum Gasteiger partial charge on any atom is -0.423 e. The fraction of sp³-hybridized carbons (Fsp3) is 0.0870. The zero-order valence-electron chi connectivity index (χ0n) is 17.1. The van der Waals surface area contributed by atoms with E-state index >= 15 is 0 Å². The maximum absolute atomic E-state index is 13.2. The molecule has 0 aliphatic heterocycles. The number of nitrogens with two attached hydrogens (primary N) is 1. The van der Waals surface area contributed by atoms with E-state index in [1.54, 1.807) is 24.4 Å². The van der Waals surface area contributed by atoms with Gasteiger partial charge in [-0.05, 0) is 41.5 Å². The van der Waals surface area contributed by atoms with E-state index < -0.39 is 10.0 Å². The zero-order chi connectivity index (χ0) is 22.7. The number of primary sulfonamides is 1. The van der Waals surface area contributed by atoms with Crippen LogP contribution in [-0.4, -0.2) is 20.5 Å². The van der Waals surface area contributed by atoms with Gasteiger partial charge >= 0.3 is 0 Å². The highest BCUT2D eigenvalue weighted by Gasteiger charge is 2.14. The van der Waals surface area contributed by atoms with Crippen molar-refractivity contribution in [2.24, 2.45) is 5.14 Å². The topological polar surface area (TPSA) is 107 Å². The molecular formula is C23H20FN3O4S. The van der Waals surface area contributed by atoms with Crippen LogP contribution in [0.15, 0.2) is 82.2 Å². The number of halogens is 1. The lowest BCUT2D eigenvalue weighted by Crippen LogP contribution is -2.13. The summed E-state index contributed by atoms with van der Waals surface area (Å²) in [4.78, 5) is 4.20. The molecule has 0 spiro atoms. The number of benzene rings is 3. The summed E-state index contributed by atoms with van der Waals surface area (Å²) >= 11 is 0. The van der Waals surface area contributed by atoms with Crippen molar-refractivity contribution in [1.82, 2.24) is 4.98 Å². The van der Waals surface area contributed by atoms with Crippen LogP contribution in [0.2, 0.25) is 0 Å². The number of hydrogen-bond acceptors (Lipinski definition) is 6. The molecule has 0 atom stereocenters. The number of nitrogens with zero attached hydrogens (tertiary/aromatic N) is 1. The van der Waals surface area contributed by atoms with Gasteiger partial charge in [0, 0.05) is 23.9 Å².